The lowest BCUT2D eigenvalue weighted by Gasteiger charge is -2.39. The van der Waals surface area contributed by atoms with E-state index in [1.54, 1.807) is 0 Å². The molecular weight excluding hydrogens is 234 g/mol. The molecule has 2 unspecified atom stereocenters. The molecule has 0 spiro atoms. The SMILES string of the molecule is CN1CCCC(CN)C1c1ccc(C(F)F)cc1. The van der Waals surface area contributed by atoms with Crippen LogP contribution in [0.25, 0.3) is 0 Å². The quantitative estimate of drug-likeness (QED) is 0.898. The van der Waals surface area contributed by atoms with Gasteiger partial charge in [0.15, 0.2) is 0 Å². The Labute approximate surface area is 107 Å². The molecule has 0 amide bonds. The van der Waals surface area contributed by atoms with Gasteiger partial charge in [-0.05, 0) is 44.5 Å². The first kappa shape index (κ1) is 13.4. The van der Waals surface area contributed by atoms with Gasteiger partial charge in [-0.25, -0.2) is 8.78 Å². The Morgan fingerprint density at radius 3 is 2.56 bits per heavy atom. The summed E-state index contributed by atoms with van der Waals surface area (Å²) in [5.41, 5.74) is 7.00. The predicted octanol–water partition coefficient (Wildman–Crippen LogP) is 2.97. The number of hydrogen-bond donors (Lipinski definition) is 1. The predicted molar refractivity (Wildman–Crippen MR) is 68.5 cm³/mol. The van der Waals surface area contributed by atoms with Crippen molar-refractivity contribution in [1.82, 2.24) is 4.90 Å². The molecule has 2 N–H and O–H groups in total. The van der Waals surface area contributed by atoms with E-state index in [2.05, 4.69) is 11.9 Å². The average molecular weight is 254 g/mol. The van der Waals surface area contributed by atoms with Gasteiger partial charge in [0.25, 0.3) is 6.43 Å². The Balaban J connectivity index is 2.22. The summed E-state index contributed by atoms with van der Waals surface area (Å²) < 4.78 is 25.1. The van der Waals surface area contributed by atoms with Crippen molar-refractivity contribution in [2.45, 2.75) is 25.3 Å². The van der Waals surface area contributed by atoms with E-state index >= 15 is 0 Å². The zero-order chi connectivity index (χ0) is 13.1. The lowest BCUT2D eigenvalue weighted by atomic mass is 9.85. The van der Waals surface area contributed by atoms with Gasteiger partial charge in [0.1, 0.15) is 0 Å². The van der Waals surface area contributed by atoms with Crippen molar-refractivity contribution in [3.05, 3.63) is 35.4 Å². The van der Waals surface area contributed by atoms with Crippen LogP contribution in [0, 0.1) is 5.92 Å². The molecule has 1 aliphatic heterocycles. The van der Waals surface area contributed by atoms with Gasteiger partial charge < -0.3 is 5.73 Å². The van der Waals surface area contributed by atoms with E-state index in [1.165, 1.54) is 12.1 Å². The van der Waals surface area contributed by atoms with Crippen molar-refractivity contribution >= 4 is 0 Å². The summed E-state index contributed by atoms with van der Waals surface area (Å²) in [6, 6.07) is 6.94. The van der Waals surface area contributed by atoms with Crippen LogP contribution in [-0.2, 0) is 0 Å². The third-order valence-electron chi connectivity index (χ3n) is 3.84. The van der Waals surface area contributed by atoms with Crippen LogP contribution < -0.4 is 5.73 Å². The molecule has 0 aromatic heterocycles. The molecule has 0 saturated carbocycles. The zero-order valence-corrected chi connectivity index (χ0v) is 10.7. The summed E-state index contributed by atoms with van der Waals surface area (Å²) >= 11 is 0. The molecule has 100 valence electrons. The minimum atomic E-state index is -2.39. The highest BCUT2D eigenvalue weighted by Crippen LogP contribution is 2.35. The number of benzene rings is 1. The standard InChI is InChI=1S/C14H20F2N2/c1-18-8-2-3-12(9-17)13(18)10-4-6-11(7-5-10)14(15)16/h4-7,12-14H,2-3,8-9,17H2,1H3. The van der Waals surface area contributed by atoms with Crippen LogP contribution in [0.3, 0.4) is 0 Å². The highest BCUT2D eigenvalue weighted by molar-refractivity contribution is 5.26. The number of likely N-dealkylation sites (tertiary alicyclic amines) is 1. The summed E-state index contributed by atoms with van der Waals surface area (Å²) in [4.78, 5) is 2.28. The minimum Gasteiger partial charge on any atom is -0.330 e. The van der Waals surface area contributed by atoms with Crippen molar-refractivity contribution < 1.29 is 8.78 Å². The maximum Gasteiger partial charge on any atom is 0.263 e. The van der Waals surface area contributed by atoms with Gasteiger partial charge in [0, 0.05) is 11.6 Å². The molecule has 1 aliphatic rings. The fourth-order valence-corrected chi connectivity index (χ4v) is 2.87. The van der Waals surface area contributed by atoms with Crippen LogP contribution in [0.4, 0.5) is 8.78 Å². The lowest BCUT2D eigenvalue weighted by molar-refractivity contribution is 0.125. The van der Waals surface area contributed by atoms with Crippen molar-refractivity contribution in [1.29, 1.82) is 0 Å². The summed E-state index contributed by atoms with van der Waals surface area (Å²) in [6.45, 7) is 1.68. The van der Waals surface area contributed by atoms with E-state index in [0.717, 1.165) is 24.9 Å². The highest BCUT2D eigenvalue weighted by Gasteiger charge is 2.29. The fourth-order valence-electron chi connectivity index (χ4n) is 2.87. The van der Waals surface area contributed by atoms with Crippen LogP contribution >= 0.6 is 0 Å². The number of piperidine rings is 1. The molecule has 0 aliphatic carbocycles. The molecule has 0 radical (unpaired) electrons. The first-order valence-electron chi connectivity index (χ1n) is 6.41. The molecule has 4 heteroatoms. The molecule has 2 atom stereocenters. The first-order valence-corrected chi connectivity index (χ1v) is 6.41. The fraction of sp³-hybridized carbons (Fsp3) is 0.571. The Hall–Kier alpha value is -1.00. The van der Waals surface area contributed by atoms with E-state index in [0.29, 0.717) is 12.5 Å². The molecule has 18 heavy (non-hydrogen) atoms. The first-order chi connectivity index (χ1) is 8.63. The third kappa shape index (κ3) is 2.70. The number of halogens is 2. The maximum atomic E-state index is 12.5. The Bertz CT molecular complexity index is 378. The summed E-state index contributed by atoms with van der Waals surface area (Å²) in [6.07, 6.45) is -0.125. The average Bonchev–Trinajstić information content (AvgIpc) is 2.38. The number of rotatable bonds is 3. The van der Waals surface area contributed by atoms with Gasteiger partial charge in [-0.15, -0.1) is 0 Å². The molecule has 1 aromatic rings. The summed E-state index contributed by atoms with van der Waals surface area (Å²) in [5, 5.41) is 0. The van der Waals surface area contributed by atoms with Crippen LogP contribution in [0.1, 0.15) is 36.4 Å². The summed E-state index contributed by atoms with van der Waals surface area (Å²) in [5.74, 6) is 0.418. The van der Waals surface area contributed by atoms with E-state index in [9.17, 15) is 8.78 Å². The zero-order valence-electron chi connectivity index (χ0n) is 10.7. The van der Waals surface area contributed by atoms with E-state index < -0.39 is 6.43 Å². The van der Waals surface area contributed by atoms with E-state index in [1.807, 2.05) is 12.1 Å². The molecule has 1 aromatic carbocycles. The van der Waals surface area contributed by atoms with Crippen LogP contribution in [0.15, 0.2) is 24.3 Å². The number of nitrogens with two attached hydrogens (primary N) is 1. The van der Waals surface area contributed by atoms with Gasteiger partial charge in [-0.3, -0.25) is 4.90 Å². The van der Waals surface area contributed by atoms with Gasteiger partial charge in [-0.1, -0.05) is 24.3 Å². The monoisotopic (exact) mass is 254 g/mol. The van der Waals surface area contributed by atoms with Crippen LogP contribution in [0.2, 0.25) is 0 Å². The van der Waals surface area contributed by atoms with E-state index in [-0.39, 0.29) is 11.6 Å². The van der Waals surface area contributed by atoms with Gasteiger partial charge in [0.05, 0.1) is 0 Å². The second kappa shape index (κ2) is 5.76. The van der Waals surface area contributed by atoms with Gasteiger partial charge >= 0.3 is 0 Å². The molecule has 2 nitrogen and oxygen atoms in total. The molecular formula is C14H20F2N2. The Kier molecular flexibility index (Phi) is 4.30. The van der Waals surface area contributed by atoms with Crippen LogP contribution in [-0.4, -0.2) is 25.0 Å². The normalized spacial score (nSPS) is 25.6. The summed E-state index contributed by atoms with van der Waals surface area (Å²) in [7, 11) is 2.08. The Morgan fingerprint density at radius 1 is 1.33 bits per heavy atom. The lowest BCUT2D eigenvalue weighted by Crippen LogP contribution is -2.39. The molecule has 1 saturated heterocycles. The topological polar surface area (TPSA) is 29.3 Å². The Morgan fingerprint density at radius 2 is 2.00 bits per heavy atom. The molecule has 1 heterocycles. The van der Waals surface area contributed by atoms with E-state index in [4.69, 9.17) is 5.73 Å². The molecule has 1 fully saturated rings. The number of hydrogen-bond acceptors (Lipinski definition) is 2. The number of alkyl halides is 2. The third-order valence-corrected chi connectivity index (χ3v) is 3.84. The van der Waals surface area contributed by atoms with Crippen molar-refractivity contribution in [2.75, 3.05) is 20.1 Å². The maximum absolute atomic E-state index is 12.5. The minimum absolute atomic E-state index is 0.0847. The number of nitrogens with zero attached hydrogens (tertiary/aromatic N) is 1. The molecule has 2 rings (SSSR count). The van der Waals surface area contributed by atoms with Crippen molar-refractivity contribution in [2.24, 2.45) is 11.7 Å². The van der Waals surface area contributed by atoms with Gasteiger partial charge in [0.2, 0.25) is 0 Å². The largest absolute Gasteiger partial charge is 0.330 e. The van der Waals surface area contributed by atoms with Crippen LogP contribution in [0.5, 0.6) is 0 Å². The second-order valence-corrected chi connectivity index (χ2v) is 5.03. The van der Waals surface area contributed by atoms with Crippen molar-refractivity contribution in [3.8, 4) is 0 Å². The second-order valence-electron chi connectivity index (χ2n) is 5.03. The smallest absolute Gasteiger partial charge is 0.263 e. The molecule has 0 bridgehead atoms. The van der Waals surface area contributed by atoms with Crippen molar-refractivity contribution in [3.63, 3.8) is 0 Å². The van der Waals surface area contributed by atoms with Gasteiger partial charge in [-0.2, -0.15) is 0 Å². The highest BCUT2D eigenvalue weighted by atomic mass is 19.3.